The van der Waals surface area contributed by atoms with Gasteiger partial charge >= 0.3 is 0 Å². The fraction of sp³-hybridized carbons (Fsp3) is 0.375. The second kappa shape index (κ2) is 4.69. The standard InChI is InChI=1S/C16H17NO.ClH/c1-17-9-13-6-12(7-14(13)10-17)16-8-11-4-2-3-5-15(11)18-16;/h2-6,8,13-14H,7,9-10H2,1H3;1H. The minimum Gasteiger partial charge on any atom is -0.456 e. The molecule has 3 heteroatoms. The van der Waals surface area contributed by atoms with Crippen LogP contribution in [0.3, 0.4) is 0 Å². The van der Waals surface area contributed by atoms with Crippen molar-refractivity contribution in [1.29, 1.82) is 0 Å². The molecule has 0 spiro atoms. The minimum absolute atomic E-state index is 0. The summed E-state index contributed by atoms with van der Waals surface area (Å²) >= 11 is 0. The summed E-state index contributed by atoms with van der Waals surface area (Å²) in [4.78, 5) is 2.43. The first kappa shape index (κ1) is 12.8. The predicted octanol–water partition coefficient (Wildman–Crippen LogP) is 3.82. The van der Waals surface area contributed by atoms with Gasteiger partial charge < -0.3 is 9.32 Å². The molecular formula is C16H18ClNO. The predicted molar refractivity (Wildman–Crippen MR) is 80.5 cm³/mol. The number of para-hydroxylation sites is 1. The fourth-order valence-electron chi connectivity index (χ4n) is 3.46. The number of likely N-dealkylation sites (tertiary alicyclic amines) is 1. The van der Waals surface area contributed by atoms with E-state index in [2.05, 4.69) is 36.2 Å². The number of fused-ring (bicyclic) bond motifs is 2. The van der Waals surface area contributed by atoms with Gasteiger partial charge in [0, 0.05) is 18.5 Å². The highest BCUT2D eigenvalue weighted by molar-refractivity contribution is 5.85. The molecule has 0 radical (unpaired) electrons. The van der Waals surface area contributed by atoms with Gasteiger partial charge in [-0.1, -0.05) is 24.3 Å². The number of allylic oxidation sites excluding steroid dienone is 1. The Hall–Kier alpha value is -1.25. The second-order valence-electron chi connectivity index (χ2n) is 5.69. The van der Waals surface area contributed by atoms with Gasteiger partial charge in [-0.15, -0.1) is 12.4 Å². The average Bonchev–Trinajstić information content (AvgIpc) is 2.98. The quantitative estimate of drug-likeness (QED) is 0.787. The zero-order valence-corrected chi connectivity index (χ0v) is 11.8. The Bertz CT molecular complexity index is 597. The number of nitrogens with zero attached hydrogens (tertiary/aromatic N) is 1. The van der Waals surface area contributed by atoms with E-state index in [1.54, 1.807) is 0 Å². The molecule has 2 atom stereocenters. The summed E-state index contributed by atoms with van der Waals surface area (Å²) in [7, 11) is 2.22. The summed E-state index contributed by atoms with van der Waals surface area (Å²) in [6.45, 7) is 2.43. The summed E-state index contributed by atoms with van der Waals surface area (Å²) in [6.07, 6.45) is 3.61. The van der Waals surface area contributed by atoms with E-state index >= 15 is 0 Å². The molecule has 2 heterocycles. The molecule has 0 bridgehead atoms. The van der Waals surface area contributed by atoms with E-state index in [-0.39, 0.29) is 12.4 Å². The molecular weight excluding hydrogens is 258 g/mol. The Labute approximate surface area is 119 Å². The van der Waals surface area contributed by atoms with Crippen molar-refractivity contribution >= 4 is 28.9 Å². The van der Waals surface area contributed by atoms with Gasteiger partial charge in [0.05, 0.1) is 0 Å². The Morgan fingerprint density at radius 1 is 1.21 bits per heavy atom. The first-order valence-corrected chi connectivity index (χ1v) is 6.68. The highest BCUT2D eigenvalue weighted by Gasteiger charge is 2.35. The van der Waals surface area contributed by atoms with Crippen LogP contribution in [-0.4, -0.2) is 25.0 Å². The van der Waals surface area contributed by atoms with Crippen molar-refractivity contribution in [3.63, 3.8) is 0 Å². The number of rotatable bonds is 1. The van der Waals surface area contributed by atoms with E-state index < -0.39 is 0 Å². The third-order valence-electron chi connectivity index (χ3n) is 4.31. The summed E-state index contributed by atoms with van der Waals surface area (Å²) in [5.74, 6) is 2.62. The first-order chi connectivity index (χ1) is 8.79. The molecule has 0 N–H and O–H groups in total. The van der Waals surface area contributed by atoms with Gasteiger partial charge in [0.25, 0.3) is 0 Å². The normalized spacial score (nSPS) is 26.3. The molecule has 0 saturated carbocycles. The summed E-state index contributed by atoms with van der Waals surface area (Å²) in [6, 6.07) is 10.4. The van der Waals surface area contributed by atoms with Crippen LogP contribution in [0.25, 0.3) is 16.5 Å². The molecule has 1 aromatic heterocycles. The molecule has 2 aromatic rings. The van der Waals surface area contributed by atoms with E-state index in [1.165, 1.54) is 30.5 Å². The largest absolute Gasteiger partial charge is 0.456 e. The van der Waals surface area contributed by atoms with Gasteiger partial charge in [0.1, 0.15) is 11.3 Å². The third-order valence-corrected chi connectivity index (χ3v) is 4.31. The zero-order chi connectivity index (χ0) is 12.1. The lowest BCUT2D eigenvalue weighted by Gasteiger charge is -2.08. The number of halogens is 1. The summed E-state index contributed by atoms with van der Waals surface area (Å²) < 4.78 is 5.96. The molecule has 100 valence electrons. The highest BCUT2D eigenvalue weighted by Crippen LogP contribution is 2.41. The van der Waals surface area contributed by atoms with Crippen LogP contribution in [0.4, 0.5) is 0 Å². The van der Waals surface area contributed by atoms with Crippen LogP contribution in [-0.2, 0) is 0 Å². The van der Waals surface area contributed by atoms with Crippen LogP contribution >= 0.6 is 12.4 Å². The number of hydrogen-bond donors (Lipinski definition) is 0. The monoisotopic (exact) mass is 275 g/mol. The van der Waals surface area contributed by atoms with Crippen molar-refractivity contribution in [2.24, 2.45) is 11.8 Å². The maximum absolute atomic E-state index is 5.96. The van der Waals surface area contributed by atoms with Crippen LogP contribution in [0, 0.1) is 11.8 Å². The molecule has 4 rings (SSSR count). The van der Waals surface area contributed by atoms with E-state index in [1.807, 2.05) is 12.1 Å². The lowest BCUT2D eigenvalue weighted by atomic mass is 9.99. The Kier molecular flexibility index (Phi) is 3.15. The van der Waals surface area contributed by atoms with E-state index in [4.69, 9.17) is 4.42 Å². The molecule has 19 heavy (non-hydrogen) atoms. The maximum atomic E-state index is 5.96. The van der Waals surface area contributed by atoms with Crippen molar-refractivity contribution < 1.29 is 4.42 Å². The first-order valence-electron chi connectivity index (χ1n) is 6.68. The number of hydrogen-bond acceptors (Lipinski definition) is 2. The second-order valence-corrected chi connectivity index (χ2v) is 5.69. The molecule has 1 fully saturated rings. The highest BCUT2D eigenvalue weighted by atomic mass is 35.5. The van der Waals surface area contributed by atoms with Gasteiger partial charge in [-0.3, -0.25) is 0 Å². The molecule has 0 amide bonds. The van der Waals surface area contributed by atoms with Gasteiger partial charge in [0.2, 0.25) is 0 Å². The molecule has 2 unspecified atom stereocenters. The van der Waals surface area contributed by atoms with Crippen LogP contribution in [0.2, 0.25) is 0 Å². The Morgan fingerprint density at radius 3 is 2.84 bits per heavy atom. The van der Waals surface area contributed by atoms with Crippen molar-refractivity contribution in [2.75, 3.05) is 20.1 Å². The SMILES string of the molecule is CN1CC2C=C(c3cc4ccccc4o3)CC2C1.Cl. The molecule has 2 nitrogen and oxygen atoms in total. The maximum Gasteiger partial charge on any atom is 0.134 e. The van der Waals surface area contributed by atoms with Gasteiger partial charge in [-0.05, 0) is 43.0 Å². The topological polar surface area (TPSA) is 16.4 Å². The van der Waals surface area contributed by atoms with Gasteiger partial charge in [-0.25, -0.2) is 0 Å². The zero-order valence-electron chi connectivity index (χ0n) is 11.0. The van der Waals surface area contributed by atoms with E-state index in [9.17, 15) is 0 Å². The lowest BCUT2D eigenvalue weighted by Crippen LogP contribution is -2.14. The summed E-state index contributed by atoms with van der Waals surface area (Å²) in [5, 5.41) is 1.21. The van der Waals surface area contributed by atoms with Crippen LogP contribution in [0.5, 0.6) is 0 Å². The average molecular weight is 276 g/mol. The molecule has 1 aliphatic carbocycles. The van der Waals surface area contributed by atoms with E-state index in [0.717, 1.165) is 23.2 Å². The van der Waals surface area contributed by atoms with Gasteiger partial charge in [0.15, 0.2) is 0 Å². The smallest absolute Gasteiger partial charge is 0.134 e. The van der Waals surface area contributed by atoms with Crippen molar-refractivity contribution in [3.05, 3.63) is 42.2 Å². The Morgan fingerprint density at radius 2 is 2.05 bits per heavy atom. The van der Waals surface area contributed by atoms with Crippen molar-refractivity contribution in [3.8, 4) is 0 Å². The van der Waals surface area contributed by atoms with E-state index in [0.29, 0.717) is 0 Å². The number of furan rings is 1. The van der Waals surface area contributed by atoms with Crippen LogP contribution in [0.1, 0.15) is 12.2 Å². The Balaban J connectivity index is 0.00000110. The third kappa shape index (κ3) is 2.09. The van der Waals surface area contributed by atoms with Crippen molar-refractivity contribution in [1.82, 2.24) is 4.90 Å². The number of benzene rings is 1. The van der Waals surface area contributed by atoms with Crippen LogP contribution < -0.4 is 0 Å². The molecule has 1 aliphatic heterocycles. The minimum atomic E-state index is 0. The van der Waals surface area contributed by atoms with Gasteiger partial charge in [-0.2, -0.15) is 0 Å². The molecule has 1 saturated heterocycles. The summed E-state index contributed by atoms with van der Waals surface area (Å²) in [5.41, 5.74) is 2.41. The fourth-order valence-corrected chi connectivity index (χ4v) is 3.46. The van der Waals surface area contributed by atoms with Crippen LogP contribution in [0.15, 0.2) is 40.8 Å². The molecule has 1 aromatic carbocycles. The lowest BCUT2D eigenvalue weighted by molar-refractivity contribution is 0.395. The molecule has 2 aliphatic rings. The van der Waals surface area contributed by atoms with Crippen molar-refractivity contribution in [2.45, 2.75) is 6.42 Å².